The van der Waals surface area contributed by atoms with E-state index in [1.165, 1.54) is 10.5 Å². The third kappa shape index (κ3) is 3.62. The van der Waals surface area contributed by atoms with E-state index in [4.69, 9.17) is 4.74 Å². The molecule has 1 unspecified atom stereocenters. The van der Waals surface area contributed by atoms with Crippen molar-refractivity contribution < 1.29 is 14.4 Å². The summed E-state index contributed by atoms with van der Waals surface area (Å²) in [5.74, 6) is -0.819. The molecule has 1 heterocycles. The monoisotopic (exact) mass is 329 g/mol. The highest BCUT2D eigenvalue weighted by Gasteiger charge is 2.53. The average Bonchev–Trinajstić information content (AvgIpc) is 2.55. The first-order valence-electron chi connectivity index (χ1n) is 8.87. The van der Waals surface area contributed by atoms with Crippen molar-refractivity contribution in [2.75, 3.05) is 20.2 Å². The van der Waals surface area contributed by atoms with Crippen LogP contribution in [0.4, 0.5) is 0 Å². The summed E-state index contributed by atoms with van der Waals surface area (Å²) in [5, 5.41) is 9.83. The van der Waals surface area contributed by atoms with E-state index in [0.717, 1.165) is 19.4 Å². The van der Waals surface area contributed by atoms with Crippen LogP contribution in [0.3, 0.4) is 0 Å². The second-order valence-corrected chi connectivity index (χ2v) is 7.27. The fourth-order valence-electron chi connectivity index (χ4n) is 4.20. The third-order valence-electron chi connectivity index (χ3n) is 5.74. The second kappa shape index (κ2) is 7.81. The number of rotatable bonds is 5. The molecule has 1 N–H and O–H groups in total. The predicted octanol–water partition coefficient (Wildman–Crippen LogP) is 1.86. The lowest BCUT2D eigenvalue weighted by Gasteiger charge is -2.48. The normalized spacial score (nSPS) is 31.0. The van der Waals surface area contributed by atoms with Crippen LogP contribution in [0, 0.1) is 28.6 Å². The Morgan fingerprint density at radius 1 is 1.42 bits per heavy atom. The summed E-state index contributed by atoms with van der Waals surface area (Å²) < 4.78 is 5.25. The number of quaternary nitrogens is 1. The molecule has 1 fully saturated rings. The topological polar surface area (TPSA) is 54.5 Å². The van der Waals surface area contributed by atoms with Gasteiger partial charge in [-0.25, -0.2) is 0 Å². The van der Waals surface area contributed by atoms with Crippen molar-refractivity contribution in [2.24, 2.45) is 17.3 Å². The SMILES string of the molecule is CCOC(=O)[C@H](C#N)[C@]1(Cc2ccccc2)C[C@@H](C)[NH+](C)C[C@H]1C. The summed E-state index contributed by atoms with van der Waals surface area (Å²) >= 11 is 0. The molecule has 4 nitrogen and oxygen atoms in total. The zero-order chi connectivity index (χ0) is 17.7. The van der Waals surface area contributed by atoms with Crippen LogP contribution in [0.1, 0.15) is 32.8 Å². The highest BCUT2D eigenvalue weighted by atomic mass is 16.5. The largest absolute Gasteiger partial charge is 0.465 e. The molecule has 1 saturated heterocycles. The number of nitriles is 1. The predicted molar refractivity (Wildman–Crippen MR) is 93.3 cm³/mol. The second-order valence-electron chi connectivity index (χ2n) is 7.27. The van der Waals surface area contributed by atoms with Gasteiger partial charge in [-0.3, -0.25) is 4.79 Å². The van der Waals surface area contributed by atoms with E-state index in [1.54, 1.807) is 6.92 Å². The Kier molecular flexibility index (Phi) is 6.01. The molecule has 0 spiro atoms. The summed E-state index contributed by atoms with van der Waals surface area (Å²) in [4.78, 5) is 14.0. The molecule has 0 aliphatic carbocycles. The number of benzene rings is 1. The zero-order valence-electron chi connectivity index (χ0n) is 15.2. The highest BCUT2D eigenvalue weighted by Crippen LogP contribution is 2.45. The van der Waals surface area contributed by atoms with E-state index in [9.17, 15) is 10.1 Å². The molecular weight excluding hydrogens is 300 g/mol. The molecule has 1 aromatic carbocycles. The van der Waals surface area contributed by atoms with Crippen LogP contribution in [-0.4, -0.2) is 32.2 Å². The maximum atomic E-state index is 12.6. The van der Waals surface area contributed by atoms with Gasteiger partial charge >= 0.3 is 5.97 Å². The van der Waals surface area contributed by atoms with Crippen LogP contribution >= 0.6 is 0 Å². The van der Waals surface area contributed by atoms with Gasteiger partial charge in [-0.1, -0.05) is 37.3 Å². The Hall–Kier alpha value is -1.86. The summed E-state index contributed by atoms with van der Waals surface area (Å²) in [6.45, 7) is 7.46. The lowest BCUT2D eigenvalue weighted by molar-refractivity contribution is -0.916. The van der Waals surface area contributed by atoms with Crippen LogP contribution in [0.25, 0.3) is 0 Å². The van der Waals surface area contributed by atoms with E-state index < -0.39 is 5.92 Å². The Morgan fingerprint density at radius 2 is 2.08 bits per heavy atom. The van der Waals surface area contributed by atoms with Crippen LogP contribution in [0.2, 0.25) is 0 Å². The maximum absolute atomic E-state index is 12.6. The summed E-state index contributed by atoms with van der Waals surface area (Å²) in [5.41, 5.74) is 0.807. The van der Waals surface area contributed by atoms with Gasteiger partial charge in [-0.05, 0) is 25.8 Å². The van der Waals surface area contributed by atoms with Crippen molar-refractivity contribution in [1.82, 2.24) is 0 Å². The van der Waals surface area contributed by atoms with Crippen molar-refractivity contribution in [3.8, 4) is 6.07 Å². The summed E-state index contributed by atoms with van der Waals surface area (Å²) in [6, 6.07) is 12.9. The van der Waals surface area contributed by atoms with Crippen molar-refractivity contribution in [2.45, 2.75) is 39.7 Å². The Bertz CT molecular complexity index is 595. The molecule has 0 aromatic heterocycles. The number of esters is 1. The smallest absolute Gasteiger partial charge is 0.323 e. The minimum absolute atomic E-state index is 0.267. The van der Waals surface area contributed by atoms with Crippen molar-refractivity contribution in [3.05, 3.63) is 35.9 Å². The Balaban J connectivity index is 2.44. The van der Waals surface area contributed by atoms with Crippen molar-refractivity contribution in [1.29, 1.82) is 5.26 Å². The van der Waals surface area contributed by atoms with Crippen LogP contribution < -0.4 is 4.90 Å². The lowest BCUT2D eigenvalue weighted by atomic mass is 9.59. The van der Waals surface area contributed by atoms with Gasteiger partial charge in [-0.15, -0.1) is 0 Å². The number of nitrogens with zero attached hydrogens (tertiary/aromatic N) is 1. The number of ether oxygens (including phenoxy) is 1. The average molecular weight is 329 g/mol. The minimum atomic E-state index is -0.719. The summed E-state index contributed by atoms with van der Waals surface area (Å²) in [6.07, 6.45) is 1.59. The third-order valence-corrected chi connectivity index (χ3v) is 5.74. The van der Waals surface area contributed by atoms with E-state index in [2.05, 4.69) is 39.1 Å². The fraction of sp³-hybridized carbons (Fsp3) is 0.600. The zero-order valence-corrected chi connectivity index (χ0v) is 15.2. The van der Waals surface area contributed by atoms with Crippen molar-refractivity contribution in [3.63, 3.8) is 0 Å². The molecule has 130 valence electrons. The number of carbonyl (C=O) groups is 1. The van der Waals surface area contributed by atoms with Crippen LogP contribution in [-0.2, 0) is 16.0 Å². The molecule has 1 aromatic rings. The lowest BCUT2D eigenvalue weighted by Crippen LogP contribution is -3.15. The number of carbonyl (C=O) groups excluding carboxylic acids is 1. The Morgan fingerprint density at radius 3 is 2.67 bits per heavy atom. The fourth-order valence-corrected chi connectivity index (χ4v) is 4.20. The first-order valence-corrected chi connectivity index (χ1v) is 8.87. The number of nitrogens with one attached hydrogen (secondary N) is 1. The van der Waals surface area contributed by atoms with Gasteiger partial charge in [0.05, 0.1) is 32.3 Å². The quantitative estimate of drug-likeness (QED) is 0.839. The van der Waals surface area contributed by atoms with Gasteiger partial charge in [0, 0.05) is 17.8 Å². The number of hydrogen-bond acceptors (Lipinski definition) is 3. The Labute approximate surface area is 145 Å². The van der Waals surface area contributed by atoms with Gasteiger partial charge < -0.3 is 9.64 Å². The van der Waals surface area contributed by atoms with Crippen molar-refractivity contribution >= 4 is 5.97 Å². The molecule has 0 bridgehead atoms. The molecule has 1 aliphatic rings. The molecule has 24 heavy (non-hydrogen) atoms. The summed E-state index contributed by atoms with van der Waals surface area (Å²) in [7, 11) is 2.19. The molecule has 1 aliphatic heterocycles. The molecular formula is C20H29N2O2+. The minimum Gasteiger partial charge on any atom is -0.465 e. The van der Waals surface area contributed by atoms with Gasteiger partial charge in [-0.2, -0.15) is 5.26 Å². The van der Waals surface area contributed by atoms with Gasteiger partial charge in [0.2, 0.25) is 0 Å². The number of piperidine rings is 1. The van der Waals surface area contributed by atoms with E-state index >= 15 is 0 Å². The van der Waals surface area contributed by atoms with Gasteiger partial charge in [0.15, 0.2) is 5.92 Å². The van der Waals surface area contributed by atoms with Gasteiger partial charge in [0.1, 0.15) is 0 Å². The van der Waals surface area contributed by atoms with Crippen LogP contribution in [0.15, 0.2) is 30.3 Å². The molecule has 4 heteroatoms. The first kappa shape index (κ1) is 18.5. The molecule has 5 atom stereocenters. The number of likely N-dealkylation sites (tertiary alicyclic amines) is 1. The molecule has 0 radical (unpaired) electrons. The van der Waals surface area contributed by atoms with E-state index in [1.807, 2.05) is 18.2 Å². The number of hydrogen-bond donors (Lipinski definition) is 1. The van der Waals surface area contributed by atoms with Crippen LogP contribution in [0.5, 0.6) is 0 Å². The molecule has 0 saturated carbocycles. The van der Waals surface area contributed by atoms with E-state index in [-0.39, 0.29) is 17.3 Å². The first-order chi connectivity index (χ1) is 11.4. The van der Waals surface area contributed by atoms with E-state index in [0.29, 0.717) is 12.6 Å². The highest BCUT2D eigenvalue weighted by molar-refractivity contribution is 5.76. The maximum Gasteiger partial charge on any atom is 0.323 e. The molecule has 0 amide bonds. The van der Waals surface area contributed by atoms with Gasteiger partial charge in [0.25, 0.3) is 0 Å². The molecule has 2 rings (SSSR count). The standard InChI is InChI=1S/C20H28N2O2/c1-5-24-19(23)18(13-21)20(12-17-9-7-6-8-10-17)11-16(3)22(4)14-15(20)2/h6-10,15-16,18H,5,11-12,14H2,1-4H3/p+1/t15-,16-,18+,20+/m1/s1.